The van der Waals surface area contributed by atoms with Crippen LogP contribution in [0, 0.1) is 0 Å². The molecule has 12 heavy (non-hydrogen) atoms. The van der Waals surface area contributed by atoms with Gasteiger partial charge in [-0.05, 0) is 17.5 Å². The summed E-state index contributed by atoms with van der Waals surface area (Å²) in [5.41, 5.74) is 1.43. The Morgan fingerprint density at radius 3 is 2.83 bits per heavy atom. The van der Waals surface area contributed by atoms with Gasteiger partial charge in [-0.2, -0.15) is 0 Å². The topological polar surface area (TPSA) is 12.9 Å². The van der Waals surface area contributed by atoms with E-state index >= 15 is 0 Å². The van der Waals surface area contributed by atoms with Crippen LogP contribution in [-0.4, -0.2) is 12.8 Å². The molecule has 0 spiro atoms. The summed E-state index contributed by atoms with van der Waals surface area (Å²) in [6.45, 7) is 0. The lowest BCUT2D eigenvalue weighted by atomic mass is 9.93. The molecule has 2 aromatic rings. The highest BCUT2D eigenvalue weighted by Gasteiger charge is 1.97. The molecule has 56 valence electrons. The molecule has 0 aliphatic heterocycles. The lowest BCUT2D eigenvalue weighted by molar-refractivity contribution is 1.42. The van der Waals surface area contributed by atoms with Crippen LogP contribution >= 0.6 is 11.6 Å². The molecular weight excluding hydrogens is 168 g/mol. The zero-order valence-electron chi connectivity index (χ0n) is 6.29. The number of halogens is 1. The van der Waals surface area contributed by atoms with Gasteiger partial charge in [0.05, 0.1) is 5.52 Å². The Morgan fingerprint density at radius 2 is 2.00 bits per heavy atom. The van der Waals surface area contributed by atoms with Crippen molar-refractivity contribution in [2.24, 2.45) is 0 Å². The van der Waals surface area contributed by atoms with Crippen LogP contribution in [0.1, 0.15) is 0 Å². The van der Waals surface area contributed by atoms with Crippen LogP contribution in [0.4, 0.5) is 0 Å². The van der Waals surface area contributed by atoms with Crippen molar-refractivity contribution >= 4 is 35.8 Å². The standard InChI is InChI=1S/C9H5BClN/c10-7-3-1-2-6-4-5-8(11)12-9(6)7/h1-5H. The summed E-state index contributed by atoms with van der Waals surface area (Å²) >= 11 is 5.72. The average molecular weight is 173 g/mol. The molecule has 0 N–H and O–H groups in total. The Labute approximate surface area is 76.8 Å². The maximum atomic E-state index is 5.72. The Hall–Kier alpha value is -1.02. The van der Waals surface area contributed by atoms with Crippen molar-refractivity contribution in [3.05, 3.63) is 35.5 Å². The first kappa shape index (κ1) is 7.62. The first-order chi connectivity index (χ1) is 5.77. The molecule has 0 atom stereocenters. The number of pyridine rings is 1. The first-order valence-electron chi connectivity index (χ1n) is 3.58. The van der Waals surface area contributed by atoms with Gasteiger partial charge in [0.25, 0.3) is 0 Å². The molecule has 0 amide bonds. The molecule has 2 radical (unpaired) electrons. The van der Waals surface area contributed by atoms with E-state index in [0.29, 0.717) is 10.6 Å². The lowest BCUT2D eigenvalue weighted by Gasteiger charge is -2.00. The maximum Gasteiger partial charge on any atom is 0.129 e. The maximum absolute atomic E-state index is 5.72. The number of nitrogens with zero attached hydrogens (tertiary/aromatic N) is 1. The summed E-state index contributed by atoms with van der Waals surface area (Å²) in [6, 6.07) is 9.32. The molecular formula is C9H5BClN. The second-order valence-electron chi connectivity index (χ2n) is 2.55. The van der Waals surface area contributed by atoms with Crippen molar-refractivity contribution in [2.75, 3.05) is 0 Å². The molecule has 3 heteroatoms. The largest absolute Gasteiger partial charge is 0.237 e. The fourth-order valence-electron chi connectivity index (χ4n) is 1.15. The zero-order chi connectivity index (χ0) is 8.55. The average Bonchev–Trinajstić information content (AvgIpc) is 2.07. The summed E-state index contributed by atoms with van der Waals surface area (Å²) in [4.78, 5) is 4.12. The Kier molecular flexibility index (Phi) is 1.78. The van der Waals surface area contributed by atoms with Gasteiger partial charge < -0.3 is 0 Å². The van der Waals surface area contributed by atoms with E-state index in [2.05, 4.69) is 4.98 Å². The second kappa shape index (κ2) is 2.79. The molecule has 0 saturated heterocycles. The molecule has 0 aliphatic carbocycles. The van der Waals surface area contributed by atoms with Crippen molar-refractivity contribution in [1.29, 1.82) is 0 Å². The highest BCUT2D eigenvalue weighted by atomic mass is 35.5. The highest BCUT2D eigenvalue weighted by molar-refractivity contribution is 6.38. The molecule has 1 aromatic heterocycles. The predicted molar refractivity (Wildman–Crippen MR) is 52.1 cm³/mol. The third-order valence-corrected chi connectivity index (χ3v) is 1.93. The normalized spacial score (nSPS) is 10.4. The van der Waals surface area contributed by atoms with Gasteiger partial charge >= 0.3 is 0 Å². The van der Waals surface area contributed by atoms with Crippen LogP contribution in [-0.2, 0) is 0 Å². The molecule has 0 aliphatic rings. The fraction of sp³-hybridized carbons (Fsp3) is 0. The van der Waals surface area contributed by atoms with Crippen molar-refractivity contribution in [1.82, 2.24) is 4.98 Å². The number of benzene rings is 1. The Balaban J connectivity index is 2.88. The van der Waals surface area contributed by atoms with Crippen LogP contribution in [0.2, 0.25) is 5.15 Å². The van der Waals surface area contributed by atoms with Crippen molar-refractivity contribution in [3.8, 4) is 0 Å². The van der Waals surface area contributed by atoms with Crippen LogP contribution in [0.5, 0.6) is 0 Å². The SMILES string of the molecule is [B]c1cccc2ccc(Cl)nc12. The van der Waals surface area contributed by atoms with Crippen molar-refractivity contribution in [3.63, 3.8) is 0 Å². The summed E-state index contributed by atoms with van der Waals surface area (Å²) in [5, 5.41) is 1.49. The summed E-state index contributed by atoms with van der Waals surface area (Å²) in [5.74, 6) is 0. The van der Waals surface area contributed by atoms with Crippen LogP contribution in [0.25, 0.3) is 10.9 Å². The third kappa shape index (κ3) is 1.19. The minimum atomic E-state index is 0.473. The number of hydrogen-bond acceptors (Lipinski definition) is 1. The fourth-order valence-corrected chi connectivity index (χ4v) is 1.29. The minimum Gasteiger partial charge on any atom is -0.237 e. The van der Waals surface area contributed by atoms with Crippen LogP contribution in [0.15, 0.2) is 30.3 Å². The lowest BCUT2D eigenvalue weighted by Crippen LogP contribution is -2.04. The Bertz CT molecular complexity index is 428. The molecule has 1 heterocycles. The van der Waals surface area contributed by atoms with Gasteiger partial charge in [-0.1, -0.05) is 35.3 Å². The number of aromatic nitrogens is 1. The van der Waals surface area contributed by atoms with E-state index in [1.165, 1.54) is 0 Å². The molecule has 0 bridgehead atoms. The van der Waals surface area contributed by atoms with Gasteiger partial charge in [0.1, 0.15) is 13.0 Å². The van der Waals surface area contributed by atoms with E-state index in [-0.39, 0.29) is 0 Å². The Morgan fingerprint density at radius 1 is 1.17 bits per heavy atom. The predicted octanol–water partition coefficient (Wildman–Crippen LogP) is 1.68. The quantitative estimate of drug-likeness (QED) is 0.436. The molecule has 1 nitrogen and oxygen atoms in total. The van der Waals surface area contributed by atoms with Crippen LogP contribution in [0.3, 0.4) is 0 Å². The number of rotatable bonds is 0. The number of fused-ring (bicyclic) bond motifs is 1. The summed E-state index contributed by atoms with van der Waals surface area (Å²) in [6.07, 6.45) is 0. The highest BCUT2D eigenvalue weighted by Crippen LogP contribution is 2.12. The number of hydrogen-bond donors (Lipinski definition) is 0. The van der Waals surface area contributed by atoms with Gasteiger partial charge in [-0.25, -0.2) is 4.98 Å². The number of para-hydroxylation sites is 1. The van der Waals surface area contributed by atoms with E-state index in [1.807, 2.05) is 24.3 Å². The molecule has 1 aromatic carbocycles. The van der Waals surface area contributed by atoms with Crippen LogP contribution < -0.4 is 5.46 Å². The van der Waals surface area contributed by atoms with Crippen molar-refractivity contribution < 1.29 is 0 Å². The van der Waals surface area contributed by atoms with E-state index in [4.69, 9.17) is 19.4 Å². The van der Waals surface area contributed by atoms with Gasteiger partial charge in [0, 0.05) is 0 Å². The van der Waals surface area contributed by atoms with Gasteiger partial charge in [0.2, 0.25) is 0 Å². The molecule has 0 fully saturated rings. The third-order valence-electron chi connectivity index (χ3n) is 1.72. The van der Waals surface area contributed by atoms with E-state index in [0.717, 1.165) is 10.9 Å². The smallest absolute Gasteiger partial charge is 0.129 e. The van der Waals surface area contributed by atoms with E-state index < -0.39 is 0 Å². The second-order valence-corrected chi connectivity index (χ2v) is 2.94. The monoisotopic (exact) mass is 173 g/mol. The minimum absolute atomic E-state index is 0.473. The van der Waals surface area contributed by atoms with Gasteiger partial charge in [0.15, 0.2) is 0 Å². The first-order valence-corrected chi connectivity index (χ1v) is 3.96. The summed E-state index contributed by atoms with van der Waals surface area (Å²) in [7, 11) is 5.70. The summed E-state index contributed by atoms with van der Waals surface area (Å²) < 4.78 is 0. The van der Waals surface area contributed by atoms with E-state index in [9.17, 15) is 0 Å². The molecule has 0 saturated carbocycles. The zero-order valence-corrected chi connectivity index (χ0v) is 7.05. The molecule has 2 rings (SSSR count). The van der Waals surface area contributed by atoms with Crippen molar-refractivity contribution in [2.45, 2.75) is 0 Å². The molecule has 0 unspecified atom stereocenters. The van der Waals surface area contributed by atoms with E-state index in [1.54, 1.807) is 6.07 Å². The van der Waals surface area contributed by atoms with Gasteiger partial charge in [-0.15, -0.1) is 0 Å². The van der Waals surface area contributed by atoms with Gasteiger partial charge in [-0.3, -0.25) is 0 Å².